The Bertz CT molecular complexity index is 626. The number of aryl methyl sites for hydroxylation is 1. The lowest BCUT2D eigenvalue weighted by Gasteiger charge is -2.11. The summed E-state index contributed by atoms with van der Waals surface area (Å²) < 4.78 is 0.999. The van der Waals surface area contributed by atoms with E-state index in [0.717, 1.165) is 21.3 Å². The summed E-state index contributed by atoms with van der Waals surface area (Å²) in [4.78, 5) is 12.3. The van der Waals surface area contributed by atoms with Gasteiger partial charge in [0.25, 0.3) is 5.91 Å². The van der Waals surface area contributed by atoms with Crippen LogP contribution in [-0.4, -0.2) is 13.0 Å². The van der Waals surface area contributed by atoms with Gasteiger partial charge in [-0.2, -0.15) is 0 Å². The van der Waals surface area contributed by atoms with Crippen molar-refractivity contribution in [3.05, 3.63) is 63.6 Å². The van der Waals surface area contributed by atoms with E-state index >= 15 is 0 Å². The quantitative estimate of drug-likeness (QED) is 0.895. The Kier molecular flexibility index (Phi) is 4.79. The monoisotopic (exact) mass is 332 g/mol. The third kappa shape index (κ3) is 3.39. The van der Waals surface area contributed by atoms with Crippen LogP contribution in [0.3, 0.4) is 0 Å². The largest absolute Gasteiger partial charge is 0.387 e. The summed E-state index contributed by atoms with van der Waals surface area (Å²) >= 11 is 3.48. The second-order valence-corrected chi connectivity index (χ2v) is 5.43. The highest BCUT2D eigenvalue weighted by atomic mass is 79.9. The third-order valence-corrected chi connectivity index (χ3v) is 3.86. The predicted molar refractivity (Wildman–Crippen MR) is 86.0 cm³/mol. The van der Waals surface area contributed by atoms with E-state index in [1.54, 1.807) is 0 Å². The average Bonchev–Trinajstić information content (AvgIpc) is 2.46. The van der Waals surface area contributed by atoms with Gasteiger partial charge in [-0.25, -0.2) is 0 Å². The zero-order chi connectivity index (χ0) is 14.5. The second kappa shape index (κ2) is 6.57. The summed E-state index contributed by atoms with van der Waals surface area (Å²) in [6.07, 6.45) is 0. The standard InChI is InChI=1S/C16H17BrN2O/c1-11-7-8-15(18-2)13(9-11)16(20)19-10-12-5-3-4-6-14(12)17/h3-9,18H,10H2,1-2H3,(H,19,20). The van der Waals surface area contributed by atoms with Gasteiger partial charge in [-0.3, -0.25) is 4.79 Å². The average molecular weight is 333 g/mol. The molecule has 1 amide bonds. The van der Waals surface area contributed by atoms with Gasteiger partial charge in [-0.1, -0.05) is 45.8 Å². The molecular weight excluding hydrogens is 316 g/mol. The smallest absolute Gasteiger partial charge is 0.253 e. The van der Waals surface area contributed by atoms with Crippen molar-refractivity contribution in [2.24, 2.45) is 0 Å². The van der Waals surface area contributed by atoms with E-state index < -0.39 is 0 Å². The lowest BCUT2D eigenvalue weighted by molar-refractivity contribution is 0.0951. The van der Waals surface area contributed by atoms with E-state index in [-0.39, 0.29) is 5.91 Å². The Morgan fingerprint density at radius 2 is 1.95 bits per heavy atom. The molecule has 0 bridgehead atoms. The predicted octanol–water partition coefficient (Wildman–Crippen LogP) is 3.73. The first-order valence-corrected chi connectivity index (χ1v) is 7.21. The Hall–Kier alpha value is -1.81. The molecule has 0 aromatic heterocycles. The van der Waals surface area contributed by atoms with Crippen molar-refractivity contribution in [1.29, 1.82) is 0 Å². The summed E-state index contributed by atoms with van der Waals surface area (Å²) in [5.41, 5.74) is 3.62. The molecule has 0 saturated heterocycles. The van der Waals surface area contributed by atoms with E-state index in [2.05, 4.69) is 26.6 Å². The molecule has 0 radical (unpaired) electrons. The molecule has 104 valence electrons. The molecule has 0 saturated carbocycles. The lowest BCUT2D eigenvalue weighted by atomic mass is 10.1. The number of hydrogen-bond acceptors (Lipinski definition) is 2. The van der Waals surface area contributed by atoms with Crippen LogP contribution in [0.25, 0.3) is 0 Å². The maximum Gasteiger partial charge on any atom is 0.253 e. The van der Waals surface area contributed by atoms with Crippen molar-refractivity contribution in [3.63, 3.8) is 0 Å². The third-order valence-electron chi connectivity index (χ3n) is 3.09. The number of halogens is 1. The number of rotatable bonds is 4. The molecule has 0 aliphatic carbocycles. The highest BCUT2D eigenvalue weighted by molar-refractivity contribution is 9.10. The van der Waals surface area contributed by atoms with E-state index in [1.807, 2.05) is 56.4 Å². The van der Waals surface area contributed by atoms with Gasteiger partial charge in [-0.15, -0.1) is 0 Å². The van der Waals surface area contributed by atoms with Crippen LogP contribution < -0.4 is 10.6 Å². The van der Waals surface area contributed by atoms with Crippen LogP contribution in [0.5, 0.6) is 0 Å². The van der Waals surface area contributed by atoms with Crippen LogP contribution in [0, 0.1) is 6.92 Å². The summed E-state index contributed by atoms with van der Waals surface area (Å²) in [5, 5.41) is 5.99. The molecule has 20 heavy (non-hydrogen) atoms. The van der Waals surface area contributed by atoms with E-state index in [1.165, 1.54) is 0 Å². The minimum Gasteiger partial charge on any atom is -0.387 e. The number of carbonyl (C=O) groups excluding carboxylic acids is 1. The molecule has 2 N–H and O–H groups in total. The fourth-order valence-electron chi connectivity index (χ4n) is 1.98. The van der Waals surface area contributed by atoms with Gasteiger partial charge in [0, 0.05) is 23.8 Å². The molecule has 0 unspecified atom stereocenters. The zero-order valence-corrected chi connectivity index (χ0v) is 13.1. The Morgan fingerprint density at radius 1 is 1.20 bits per heavy atom. The van der Waals surface area contributed by atoms with Gasteiger partial charge in [0.1, 0.15) is 0 Å². The highest BCUT2D eigenvalue weighted by Crippen LogP contribution is 2.18. The Morgan fingerprint density at radius 3 is 2.65 bits per heavy atom. The minimum atomic E-state index is -0.0752. The van der Waals surface area contributed by atoms with Gasteiger partial charge in [0.15, 0.2) is 0 Å². The molecule has 0 atom stereocenters. The van der Waals surface area contributed by atoms with E-state index in [4.69, 9.17) is 0 Å². The van der Waals surface area contributed by atoms with Gasteiger partial charge in [0.2, 0.25) is 0 Å². The number of anilines is 1. The number of carbonyl (C=O) groups is 1. The van der Waals surface area contributed by atoms with E-state index in [0.29, 0.717) is 12.1 Å². The normalized spacial score (nSPS) is 10.2. The van der Waals surface area contributed by atoms with Crippen molar-refractivity contribution < 1.29 is 4.79 Å². The van der Waals surface area contributed by atoms with Gasteiger partial charge in [0.05, 0.1) is 5.56 Å². The summed E-state index contributed by atoms with van der Waals surface area (Å²) in [6, 6.07) is 13.7. The molecule has 0 aliphatic rings. The number of hydrogen-bond donors (Lipinski definition) is 2. The molecule has 2 aromatic rings. The Balaban J connectivity index is 2.13. The summed E-state index contributed by atoms with van der Waals surface area (Å²) in [5.74, 6) is -0.0752. The highest BCUT2D eigenvalue weighted by Gasteiger charge is 2.11. The van der Waals surface area contributed by atoms with Crippen LogP contribution in [0.2, 0.25) is 0 Å². The first-order chi connectivity index (χ1) is 9.61. The van der Waals surface area contributed by atoms with Crippen molar-refractivity contribution in [2.75, 3.05) is 12.4 Å². The fourth-order valence-corrected chi connectivity index (χ4v) is 2.40. The minimum absolute atomic E-state index is 0.0752. The topological polar surface area (TPSA) is 41.1 Å². The molecule has 2 aromatic carbocycles. The van der Waals surface area contributed by atoms with Gasteiger partial charge >= 0.3 is 0 Å². The number of benzene rings is 2. The molecule has 4 heteroatoms. The fraction of sp³-hybridized carbons (Fsp3) is 0.188. The van der Waals surface area contributed by atoms with Crippen molar-refractivity contribution in [1.82, 2.24) is 5.32 Å². The lowest BCUT2D eigenvalue weighted by Crippen LogP contribution is -2.24. The van der Waals surface area contributed by atoms with Gasteiger partial charge < -0.3 is 10.6 Å². The van der Waals surface area contributed by atoms with Crippen LogP contribution in [-0.2, 0) is 6.54 Å². The van der Waals surface area contributed by atoms with Crippen LogP contribution >= 0.6 is 15.9 Å². The number of nitrogens with one attached hydrogen (secondary N) is 2. The van der Waals surface area contributed by atoms with Crippen molar-refractivity contribution in [3.8, 4) is 0 Å². The maximum atomic E-state index is 12.3. The molecule has 0 fully saturated rings. The molecule has 0 heterocycles. The van der Waals surface area contributed by atoms with Crippen molar-refractivity contribution >= 4 is 27.5 Å². The summed E-state index contributed by atoms with van der Waals surface area (Å²) in [7, 11) is 1.81. The van der Waals surface area contributed by atoms with Crippen LogP contribution in [0.4, 0.5) is 5.69 Å². The van der Waals surface area contributed by atoms with E-state index in [9.17, 15) is 4.79 Å². The molecule has 0 aliphatic heterocycles. The summed E-state index contributed by atoms with van der Waals surface area (Å²) in [6.45, 7) is 2.47. The van der Waals surface area contributed by atoms with Gasteiger partial charge in [-0.05, 0) is 30.7 Å². The Labute approximate surface area is 127 Å². The SMILES string of the molecule is CNc1ccc(C)cc1C(=O)NCc1ccccc1Br. The first-order valence-electron chi connectivity index (χ1n) is 6.42. The van der Waals surface area contributed by atoms with Crippen LogP contribution in [0.1, 0.15) is 21.5 Å². The molecule has 0 spiro atoms. The second-order valence-electron chi connectivity index (χ2n) is 4.57. The van der Waals surface area contributed by atoms with Crippen molar-refractivity contribution in [2.45, 2.75) is 13.5 Å². The zero-order valence-electron chi connectivity index (χ0n) is 11.5. The number of amides is 1. The molecular formula is C16H17BrN2O. The molecule has 2 rings (SSSR count). The maximum absolute atomic E-state index is 12.3. The van der Waals surface area contributed by atoms with Crippen LogP contribution in [0.15, 0.2) is 46.9 Å². The molecule has 3 nitrogen and oxygen atoms in total. The first kappa shape index (κ1) is 14.6.